The van der Waals surface area contributed by atoms with Gasteiger partial charge in [-0.15, -0.1) is 11.8 Å². The van der Waals surface area contributed by atoms with Crippen molar-refractivity contribution in [1.82, 2.24) is 0 Å². The van der Waals surface area contributed by atoms with Gasteiger partial charge >= 0.3 is 0 Å². The largest absolute Gasteiger partial charge is 0.374 e. The molecule has 0 aromatic carbocycles. The molecule has 2 aliphatic rings. The molecular weight excluding hydrogens is 168 g/mol. The van der Waals surface area contributed by atoms with Crippen LogP contribution in [0.5, 0.6) is 0 Å². The van der Waals surface area contributed by atoms with Crippen LogP contribution in [-0.2, 0) is 0 Å². The fourth-order valence-electron chi connectivity index (χ4n) is 1.48. The van der Waals surface area contributed by atoms with Crippen LogP contribution in [0.25, 0.3) is 0 Å². The van der Waals surface area contributed by atoms with E-state index in [4.69, 9.17) is 0 Å². The summed E-state index contributed by atoms with van der Waals surface area (Å²) in [5.41, 5.74) is 1.40. The first-order valence-corrected chi connectivity index (χ1v) is 5.43. The molecule has 0 bridgehead atoms. The van der Waals surface area contributed by atoms with Crippen LogP contribution in [0.4, 0.5) is 0 Å². The highest BCUT2D eigenvalue weighted by Gasteiger charge is 2.52. The minimum Gasteiger partial charge on any atom is -0.374 e. The van der Waals surface area contributed by atoms with Crippen LogP contribution in [0.3, 0.4) is 0 Å². The molecule has 0 aromatic heterocycles. The molecule has 0 amide bonds. The molecule has 1 aliphatic heterocycles. The number of thioether (sulfide) groups is 1. The standard InChI is InChI=1S/C10H14OS/c1-2-3-4-8-5-6-10(11)9(7-8)12-10/h5-7,9,11H,2-4H2,1H3. The Morgan fingerprint density at radius 3 is 3.17 bits per heavy atom. The molecule has 0 saturated carbocycles. The van der Waals surface area contributed by atoms with Crippen molar-refractivity contribution in [2.45, 2.75) is 36.4 Å². The zero-order valence-corrected chi connectivity index (χ0v) is 8.10. The van der Waals surface area contributed by atoms with Crippen LogP contribution in [-0.4, -0.2) is 15.3 Å². The normalized spacial score (nSPS) is 37.5. The molecule has 1 saturated heterocycles. The van der Waals surface area contributed by atoms with Crippen molar-refractivity contribution >= 4 is 11.8 Å². The third-order valence-electron chi connectivity index (χ3n) is 2.39. The second-order valence-electron chi connectivity index (χ2n) is 3.47. The molecule has 0 radical (unpaired) electrons. The molecule has 66 valence electrons. The molecule has 1 heterocycles. The Hall–Kier alpha value is -0.210. The van der Waals surface area contributed by atoms with E-state index in [1.165, 1.54) is 24.8 Å². The van der Waals surface area contributed by atoms with Gasteiger partial charge in [0.15, 0.2) is 0 Å². The van der Waals surface area contributed by atoms with E-state index in [1.807, 2.05) is 6.08 Å². The van der Waals surface area contributed by atoms with Crippen molar-refractivity contribution < 1.29 is 5.11 Å². The van der Waals surface area contributed by atoms with Gasteiger partial charge in [0.25, 0.3) is 0 Å². The number of aliphatic hydroxyl groups is 1. The Kier molecular flexibility index (Phi) is 2.05. The number of hydrogen-bond donors (Lipinski definition) is 1. The molecule has 2 atom stereocenters. The Bertz CT molecular complexity index is 244. The van der Waals surface area contributed by atoms with Gasteiger partial charge in [-0.25, -0.2) is 0 Å². The summed E-state index contributed by atoms with van der Waals surface area (Å²) in [6, 6.07) is 0. The smallest absolute Gasteiger partial charge is 0.145 e. The van der Waals surface area contributed by atoms with E-state index < -0.39 is 4.93 Å². The maximum Gasteiger partial charge on any atom is 0.145 e. The minimum absolute atomic E-state index is 0.356. The van der Waals surface area contributed by atoms with Crippen LogP contribution in [0, 0.1) is 0 Å². The van der Waals surface area contributed by atoms with Crippen molar-refractivity contribution in [3.63, 3.8) is 0 Å². The lowest BCUT2D eigenvalue weighted by atomic mass is 10.0. The Balaban J connectivity index is 1.94. The monoisotopic (exact) mass is 182 g/mol. The van der Waals surface area contributed by atoms with E-state index in [0.717, 1.165) is 0 Å². The molecule has 0 aromatic rings. The van der Waals surface area contributed by atoms with Crippen LogP contribution in [0.2, 0.25) is 0 Å². The molecule has 1 N–H and O–H groups in total. The average Bonchev–Trinajstić information content (AvgIpc) is 2.72. The van der Waals surface area contributed by atoms with Crippen molar-refractivity contribution in [1.29, 1.82) is 0 Å². The van der Waals surface area contributed by atoms with Gasteiger partial charge in [0, 0.05) is 0 Å². The van der Waals surface area contributed by atoms with Crippen molar-refractivity contribution in [3.8, 4) is 0 Å². The SMILES string of the molecule is CCCCC1=CC2SC2(O)C=C1. The molecule has 1 nitrogen and oxygen atoms in total. The molecule has 1 aliphatic carbocycles. The molecule has 2 unspecified atom stereocenters. The summed E-state index contributed by atoms with van der Waals surface area (Å²) in [6.45, 7) is 2.20. The maximum absolute atomic E-state index is 9.62. The number of allylic oxidation sites excluding steroid dienone is 2. The van der Waals surface area contributed by atoms with Crippen LogP contribution < -0.4 is 0 Å². The summed E-state index contributed by atoms with van der Waals surface area (Å²) >= 11 is 1.63. The summed E-state index contributed by atoms with van der Waals surface area (Å²) in [5.74, 6) is 0. The maximum atomic E-state index is 9.62. The van der Waals surface area contributed by atoms with Gasteiger partial charge in [0.1, 0.15) is 4.93 Å². The molecule has 2 rings (SSSR count). The molecule has 1 fully saturated rings. The fraction of sp³-hybridized carbons (Fsp3) is 0.600. The van der Waals surface area contributed by atoms with E-state index in [9.17, 15) is 5.11 Å². The summed E-state index contributed by atoms with van der Waals surface area (Å²) < 4.78 is 0. The lowest BCUT2D eigenvalue weighted by Gasteiger charge is -2.07. The summed E-state index contributed by atoms with van der Waals surface area (Å²) in [6.07, 6.45) is 9.89. The van der Waals surface area contributed by atoms with Crippen LogP contribution >= 0.6 is 11.8 Å². The Morgan fingerprint density at radius 1 is 1.67 bits per heavy atom. The highest BCUT2D eigenvalue weighted by Crippen LogP contribution is 2.55. The van der Waals surface area contributed by atoms with E-state index in [2.05, 4.69) is 19.1 Å². The Morgan fingerprint density at radius 2 is 2.50 bits per heavy atom. The van der Waals surface area contributed by atoms with Crippen LogP contribution in [0.15, 0.2) is 23.8 Å². The average molecular weight is 182 g/mol. The van der Waals surface area contributed by atoms with Crippen LogP contribution in [0.1, 0.15) is 26.2 Å². The van der Waals surface area contributed by atoms with Gasteiger partial charge < -0.3 is 5.11 Å². The Labute approximate surface area is 77.6 Å². The zero-order chi connectivity index (χ0) is 8.60. The second kappa shape index (κ2) is 2.93. The van der Waals surface area contributed by atoms with E-state index in [1.54, 1.807) is 11.8 Å². The quantitative estimate of drug-likeness (QED) is 0.677. The third-order valence-corrected chi connectivity index (χ3v) is 3.65. The number of unbranched alkanes of at least 4 members (excludes halogenated alkanes) is 1. The predicted molar refractivity (Wildman–Crippen MR) is 53.1 cm³/mol. The van der Waals surface area contributed by atoms with Gasteiger partial charge in [-0.3, -0.25) is 0 Å². The van der Waals surface area contributed by atoms with Crippen molar-refractivity contribution in [2.24, 2.45) is 0 Å². The molecular formula is C10H14OS. The van der Waals surface area contributed by atoms with E-state index >= 15 is 0 Å². The fourth-order valence-corrected chi connectivity index (χ4v) is 2.36. The first kappa shape index (κ1) is 8.39. The van der Waals surface area contributed by atoms with Gasteiger partial charge in [-0.1, -0.05) is 31.1 Å². The lowest BCUT2D eigenvalue weighted by molar-refractivity contribution is 0.228. The lowest BCUT2D eigenvalue weighted by Crippen LogP contribution is -2.11. The first-order chi connectivity index (χ1) is 5.74. The number of hydrogen-bond acceptors (Lipinski definition) is 2. The summed E-state index contributed by atoms with van der Waals surface area (Å²) in [7, 11) is 0. The summed E-state index contributed by atoms with van der Waals surface area (Å²) in [5, 5.41) is 9.98. The highest BCUT2D eigenvalue weighted by molar-refractivity contribution is 8.08. The predicted octanol–water partition coefficient (Wildman–Crippen LogP) is 2.48. The summed E-state index contributed by atoms with van der Waals surface area (Å²) in [4.78, 5) is -0.518. The number of rotatable bonds is 3. The zero-order valence-electron chi connectivity index (χ0n) is 7.29. The van der Waals surface area contributed by atoms with Gasteiger partial charge in [-0.2, -0.15) is 0 Å². The first-order valence-electron chi connectivity index (χ1n) is 4.55. The molecule has 2 heteroatoms. The second-order valence-corrected chi connectivity index (χ2v) is 4.87. The van der Waals surface area contributed by atoms with E-state index in [0.29, 0.717) is 5.25 Å². The van der Waals surface area contributed by atoms with E-state index in [-0.39, 0.29) is 0 Å². The van der Waals surface area contributed by atoms with Gasteiger partial charge in [-0.05, 0) is 18.9 Å². The highest BCUT2D eigenvalue weighted by atomic mass is 32.2. The minimum atomic E-state index is -0.518. The van der Waals surface area contributed by atoms with Gasteiger partial charge in [0.2, 0.25) is 0 Å². The molecule has 0 spiro atoms. The molecule has 12 heavy (non-hydrogen) atoms. The van der Waals surface area contributed by atoms with Gasteiger partial charge in [0.05, 0.1) is 5.25 Å². The topological polar surface area (TPSA) is 20.2 Å². The number of fused-ring (bicyclic) bond motifs is 1. The third kappa shape index (κ3) is 1.46. The van der Waals surface area contributed by atoms with Crippen molar-refractivity contribution in [3.05, 3.63) is 23.8 Å². The van der Waals surface area contributed by atoms with Crippen molar-refractivity contribution in [2.75, 3.05) is 0 Å².